The maximum Gasteiger partial charge on any atom is 0.0949 e. The maximum absolute atomic E-state index is 8.88. The summed E-state index contributed by atoms with van der Waals surface area (Å²) in [4.78, 5) is 2.31. The maximum atomic E-state index is 8.88. The molecule has 0 spiro atoms. The van der Waals surface area contributed by atoms with Crippen molar-refractivity contribution < 1.29 is 0 Å². The molecule has 0 saturated carbocycles. The van der Waals surface area contributed by atoms with E-state index in [4.69, 9.17) is 5.26 Å². The first-order valence-corrected chi connectivity index (χ1v) is 6.12. The van der Waals surface area contributed by atoms with Crippen LogP contribution in [0.4, 0.5) is 0 Å². The van der Waals surface area contributed by atoms with Gasteiger partial charge in [0.05, 0.1) is 12.1 Å². The molecule has 86 valence electrons. The first-order valence-electron chi connectivity index (χ1n) is 6.12. The number of nitriles is 1. The lowest BCUT2D eigenvalue weighted by molar-refractivity contribution is 0.154. The number of likely N-dealkylation sites (tertiary alicyclic amines) is 1. The van der Waals surface area contributed by atoms with Gasteiger partial charge in [-0.25, -0.2) is 0 Å². The molecule has 0 aromatic carbocycles. The van der Waals surface area contributed by atoms with Gasteiger partial charge in [-0.15, -0.1) is 0 Å². The van der Waals surface area contributed by atoms with Crippen LogP contribution in [0.3, 0.4) is 0 Å². The van der Waals surface area contributed by atoms with Crippen LogP contribution in [0.15, 0.2) is 0 Å². The quantitative estimate of drug-likeness (QED) is 0.699. The van der Waals surface area contributed by atoms with E-state index in [0.29, 0.717) is 0 Å². The molecule has 2 unspecified atom stereocenters. The number of piperidine rings is 1. The van der Waals surface area contributed by atoms with Crippen LogP contribution >= 0.6 is 0 Å². The molecule has 1 aliphatic heterocycles. The topological polar surface area (TPSA) is 39.1 Å². The summed E-state index contributed by atoms with van der Waals surface area (Å²) in [6.45, 7) is 8.61. The van der Waals surface area contributed by atoms with Gasteiger partial charge in [-0.1, -0.05) is 6.92 Å². The van der Waals surface area contributed by atoms with E-state index < -0.39 is 0 Å². The van der Waals surface area contributed by atoms with E-state index in [1.165, 1.54) is 19.3 Å². The van der Waals surface area contributed by atoms with Crippen LogP contribution in [0.5, 0.6) is 0 Å². The smallest absolute Gasteiger partial charge is 0.0949 e. The van der Waals surface area contributed by atoms with Crippen molar-refractivity contribution in [2.45, 2.75) is 39.2 Å². The average Bonchev–Trinajstić information content (AvgIpc) is 2.29. The highest BCUT2D eigenvalue weighted by atomic mass is 15.2. The predicted octanol–water partition coefficient (Wildman–Crippen LogP) is 1.61. The zero-order valence-corrected chi connectivity index (χ0v) is 10.00. The molecule has 0 radical (unpaired) electrons. The predicted molar refractivity (Wildman–Crippen MR) is 62.5 cm³/mol. The van der Waals surface area contributed by atoms with Gasteiger partial charge in [-0.2, -0.15) is 5.26 Å². The zero-order valence-electron chi connectivity index (χ0n) is 10.00. The largest absolute Gasteiger partial charge is 0.316 e. The van der Waals surface area contributed by atoms with E-state index >= 15 is 0 Å². The van der Waals surface area contributed by atoms with Gasteiger partial charge in [0, 0.05) is 6.54 Å². The molecule has 1 N–H and O–H groups in total. The molecular weight excluding hydrogens is 186 g/mol. The van der Waals surface area contributed by atoms with Crippen molar-refractivity contribution in [1.29, 1.82) is 5.26 Å². The first kappa shape index (κ1) is 12.5. The fraction of sp³-hybridized carbons (Fsp3) is 0.917. The molecule has 0 aliphatic carbocycles. The lowest BCUT2D eigenvalue weighted by Gasteiger charge is -2.34. The van der Waals surface area contributed by atoms with Crippen LogP contribution in [0.1, 0.15) is 33.1 Å². The van der Waals surface area contributed by atoms with Crippen LogP contribution in [0.2, 0.25) is 0 Å². The van der Waals surface area contributed by atoms with Crippen LogP contribution in [0, 0.1) is 17.2 Å². The Balaban J connectivity index is 2.26. The second-order valence-electron chi connectivity index (χ2n) is 4.51. The molecule has 0 aromatic rings. The SMILES string of the molecule is CCCNCC1CCCN(C(C)C#N)C1. The van der Waals surface area contributed by atoms with Crippen LogP contribution in [-0.4, -0.2) is 37.1 Å². The molecule has 1 saturated heterocycles. The monoisotopic (exact) mass is 209 g/mol. The number of hydrogen-bond acceptors (Lipinski definition) is 3. The third-order valence-corrected chi connectivity index (χ3v) is 3.14. The van der Waals surface area contributed by atoms with Crippen molar-refractivity contribution in [2.75, 3.05) is 26.2 Å². The molecule has 0 bridgehead atoms. The molecule has 3 heteroatoms. The van der Waals surface area contributed by atoms with Crippen molar-refractivity contribution >= 4 is 0 Å². The van der Waals surface area contributed by atoms with E-state index in [-0.39, 0.29) is 6.04 Å². The number of nitrogens with one attached hydrogen (secondary N) is 1. The highest BCUT2D eigenvalue weighted by Crippen LogP contribution is 2.17. The summed E-state index contributed by atoms with van der Waals surface area (Å²) in [5.74, 6) is 0.737. The van der Waals surface area contributed by atoms with E-state index in [1.54, 1.807) is 0 Å². The zero-order chi connectivity index (χ0) is 11.1. The first-order chi connectivity index (χ1) is 7.27. The van der Waals surface area contributed by atoms with E-state index in [1.807, 2.05) is 6.92 Å². The third kappa shape index (κ3) is 4.19. The standard InChI is InChI=1S/C12H23N3/c1-3-6-14-9-12-5-4-7-15(10-12)11(2)8-13/h11-12,14H,3-7,9-10H2,1-2H3. The third-order valence-electron chi connectivity index (χ3n) is 3.14. The Labute approximate surface area is 93.5 Å². The van der Waals surface area contributed by atoms with Gasteiger partial charge in [0.15, 0.2) is 0 Å². The van der Waals surface area contributed by atoms with Crippen molar-refractivity contribution in [2.24, 2.45) is 5.92 Å². The average molecular weight is 209 g/mol. The molecule has 2 atom stereocenters. The van der Waals surface area contributed by atoms with E-state index in [0.717, 1.165) is 32.1 Å². The van der Waals surface area contributed by atoms with Gasteiger partial charge in [-0.05, 0) is 51.7 Å². The second-order valence-corrected chi connectivity index (χ2v) is 4.51. The number of hydrogen-bond donors (Lipinski definition) is 1. The Morgan fingerprint density at radius 2 is 2.40 bits per heavy atom. The molecule has 0 amide bonds. The summed E-state index contributed by atoms with van der Waals surface area (Å²) < 4.78 is 0. The highest BCUT2D eigenvalue weighted by Gasteiger charge is 2.22. The Bertz CT molecular complexity index is 209. The minimum atomic E-state index is 0.0824. The van der Waals surface area contributed by atoms with Crippen molar-refractivity contribution in [3.05, 3.63) is 0 Å². The molecular formula is C12H23N3. The number of nitrogens with zero attached hydrogens (tertiary/aromatic N) is 2. The summed E-state index contributed by atoms with van der Waals surface area (Å²) >= 11 is 0. The lowest BCUT2D eigenvalue weighted by atomic mass is 9.97. The summed E-state index contributed by atoms with van der Waals surface area (Å²) in [7, 11) is 0. The van der Waals surface area contributed by atoms with Crippen molar-refractivity contribution in [1.82, 2.24) is 10.2 Å². The van der Waals surface area contributed by atoms with Gasteiger partial charge in [0.25, 0.3) is 0 Å². The molecule has 0 aromatic heterocycles. The number of rotatable bonds is 5. The Hall–Kier alpha value is -0.590. The molecule has 1 heterocycles. The second kappa shape index (κ2) is 6.81. The fourth-order valence-corrected chi connectivity index (χ4v) is 2.18. The molecule has 1 rings (SSSR count). The van der Waals surface area contributed by atoms with Gasteiger partial charge in [-0.3, -0.25) is 4.90 Å². The van der Waals surface area contributed by atoms with E-state index in [2.05, 4.69) is 23.2 Å². The lowest BCUT2D eigenvalue weighted by Crippen LogP contribution is -2.43. The van der Waals surface area contributed by atoms with Crippen molar-refractivity contribution in [3.8, 4) is 6.07 Å². The Morgan fingerprint density at radius 3 is 3.07 bits per heavy atom. The van der Waals surface area contributed by atoms with Gasteiger partial charge >= 0.3 is 0 Å². The van der Waals surface area contributed by atoms with Gasteiger partial charge in [0.1, 0.15) is 0 Å². The Kier molecular flexibility index (Phi) is 5.67. The summed E-state index contributed by atoms with van der Waals surface area (Å²) in [5.41, 5.74) is 0. The van der Waals surface area contributed by atoms with Crippen LogP contribution in [0.25, 0.3) is 0 Å². The highest BCUT2D eigenvalue weighted by molar-refractivity contribution is 4.90. The summed E-state index contributed by atoms with van der Waals surface area (Å²) in [6.07, 6.45) is 3.75. The van der Waals surface area contributed by atoms with E-state index in [9.17, 15) is 0 Å². The van der Waals surface area contributed by atoms with Crippen LogP contribution < -0.4 is 5.32 Å². The fourth-order valence-electron chi connectivity index (χ4n) is 2.18. The van der Waals surface area contributed by atoms with Gasteiger partial charge < -0.3 is 5.32 Å². The van der Waals surface area contributed by atoms with Crippen molar-refractivity contribution in [3.63, 3.8) is 0 Å². The minimum absolute atomic E-state index is 0.0824. The molecule has 15 heavy (non-hydrogen) atoms. The van der Waals surface area contributed by atoms with Gasteiger partial charge in [0.2, 0.25) is 0 Å². The normalized spacial score (nSPS) is 24.7. The minimum Gasteiger partial charge on any atom is -0.316 e. The summed E-state index contributed by atoms with van der Waals surface area (Å²) in [6, 6.07) is 2.41. The molecule has 1 fully saturated rings. The Morgan fingerprint density at radius 1 is 1.60 bits per heavy atom. The van der Waals surface area contributed by atoms with Crippen LogP contribution in [-0.2, 0) is 0 Å². The molecule has 1 aliphatic rings. The molecule has 3 nitrogen and oxygen atoms in total. The summed E-state index contributed by atoms with van der Waals surface area (Å²) in [5, 5.41) is 12.4.